The molecule has 1 atom stereocenters. The molecule has 110 valence electrons. The van der Waals surface area contributed by atoms with Crippen LogP contribution in [0.25, 0.3) is 0 Å². The zero-order valence-corrected chi connectivity index (χ0v) is 13.4. The van der Waals surface area contributed by atoms with Crippen molar-refractivity contribution in [2.75, 3.05) is 6.61 Å². The number of aliphatic hydroxyl groups is 1. The van der Waals surface area contributed by atoms with E-state index in [1.165, 1.54) is 0 Å². The first-order chi connectivity index (χ1) is 10.1. The third kappa shape index (κ3) is 4.16. The molecule has 21 heavy (non-hydrogen) atoms. The van der Waals surface area contributed by atoms with E-state index in [1.807, 2.05) is 49.4 Å². The number of aryl methyl sites for hydroxylation is 1. The fraction of sp³-hybridized carbons (Fsp3) is 0.235. The van der Waals surface area contributed by atoms with E-state index < -0.39 is 0 Å². The Labute approximate surface area is 133 Å². The van der Waals surface area contributed by atoms with Gasteiger partial charge in [-0.15, -0.1) is 0 Å². The molecular weight excluding hydrogens is 330 g/mol. The largest absolute Gasteiger partial charge is 0.394 e. The zero-order chi connectivity index (χ0) is 15.2. The van der Waals surface area contributed by atoms with Crippen molar-refractivity contribution >= 4 is 21.8 Å². The van der Waals surface area contributed by atoms with E-state index in [4.69, 9.17) is 0 Å². The summed E-state index contributed by atoms with van der Waals surface area (Å²) in [5.74, 6) is -0.180. The SMILES string of the molecule is Cc1cccc(C(=O)N[C@@H](CO)Cc2ccccc2)c1Br. The van der Waals surface area contributed by atoms with Crippen LogP contribution < -0.4 is 5.32 Å². The van der Waals surface area contributed by atoms with Crippen molar-refractivity contribution < 1.29 is 9.90 Å². The molecule has 0 radical (unpaired) electrons. The lowest BCUT2D eigenvalue weighted by Gasteiger charge is -2.17. The molecule has 0 fully saturated rings. The second kappa shape index (κ2) is 7.38. The summed E-state index contributed by atoms with van der Waals surface area (Å²) in [6.07, 6.45) is 0.604. The van der Waals surface area contributed by atoms with Gasteiger partial charge in [0.1, 0.15) is 0 Å². The Kier molecular flexibility index (Phi) is 5.53. The van der Waals surface area contributed by atoms with Gasteiger partial charge < -0.3 is 10.4 Å². The predicted molar refractivity (Wildman–Crippen MR) is 87.4 cm³/mol. The minimum Gasteiger partial charge on any atom is -0.394 e. The van der Waals surface area contributed by atoms with Crippen LogP contribution in [-0.4, -0.2) is 23.7 Å². The van der Waals surface area contributed by atoms with Crippen LogP contribution in [0, 0.1) is 6.92 Å². The van der Waals surface area contributed by atoms with Gasteiger partial charge in [-0.05, 0) is 46.5 Å². The van der Waals surface area contributed by atoms with Gasteiger partial charge >= 0.3 is 0 Å². The monoisotopic (exact) mass is 347 g/mol. The molecule has 0 bridgehead atoms. The third-order valence-electron chi connectivity index (χ3n) is 3.32. The molecule has 0 aromatic heterocycles. The number of halogens is 1. The summed E-state index contributed by atoms with van der Waals surface area (Å²) in [6, 6.07) is 15.1. The highest BCUT2D eigenvalue weighted by Crippen LogP contribution is 2.21. The topological polar surface area (TPSA) is 49.3 Å². The predicted octanol–water partition coefficient (Wildman–Crippen LogP) is 3.09. The Morgan fingerprint density at radius 3 is 2.57 bits per heavy atom. The Morgan fingerprint density at radius 2 is 1.90 bits per heavy atom. The van der Waals surface area contributed by atoms with Crippen molar-refractivity contribution in [1.29, 1.82) is 0 Å². The van der Waals surface area contributed by atoms with Crippen LogP contribution >= 0.6 is 15.9 Å². The Morgan fingerprint density at radius 1 is 1.19 bits per heavy atom. The van der Waals surface area contributed by atoms with Crippen LogP contribution in [0.15, 0.2) is 53.0 Å². The fourth-order valence-electron chi connectivity index (χ4n) is 2.15. The molecule has 4 heteroatoms. The van der Waals surface area contributed by atoms with Crippen molar-refractivity contribution in [3.63, 3.8) is 0 Å². The molecule has 2 aromatic rings. The molecule has 0 unspecified atom stereocenters. The number of hydrogen-bond acceptors (Lipinski definition) is 2. The maximum absolute atomic E-state index is 12.3. The Hall–Kier alpha value is -1.65. The average molecular weight is 348 g/mol. The van der Waals surface area contributed by atoms with Crippen LogP contribution in [0.3, 0.4) is 0 Å². The summed E-state index contributed by atoms with van der Waals surface area (Å²) in [7, 11) is 0. The van der Waals surface area contributed by atoms with Gasteiger partial charge in [0.25, 0.3) is 5.91 Å². The molecule has 0 heterocycles. The van der Waals surface area contributed by atoms with Crippen molar-refractivity contribution in [2.24, 2.45) is 0 Å². The summed E-state index contributed by atoms with van der Waals surface area (Å²) in [5.41, 5.74) is 2.67. The third-order valence-corrected chi connectivity index (χ3v) is 4.37. The van der Waals surface area contributed by atoms with Crippen LogP contribution in [0.1, 0.15) is 21.5 Å². The zero-order valence-electron chi connectivity index (χ0n) is 11.8. The van der Waals surface area contributed by atoms with E-state index in [0.717, 1.165) is 15.6 Å². The molecular formula is C17H18BrNO2. The van der Waals surface area contributed by atoms with Crippen LogP contribution in [0.4, 0.5) is 0 Å². The lowest BCUT2D eigenvalue weighted by atomic mass is 10.1. The average Bonchev–Trinajstić information content (AvgIpc) is 2.50. The maximum atomic E-state index is 12.3. The molecule has 2 N–H and O–H groups in total. The molecule has 0 saturated heterocycles. The first-order valence-electron chi connectivity index (χ1n) is 6.82. The highest BCUT2D eigenvalue weighted by atomic mass is 79.9. The van der Waals surface area contributed by atoms with Crippen LogP contribution in [0.5, 0.6) is 0 Å². The summed E-state index contributed by atoms with van der Waals surface area (Å²) in [4.78, 5) is 12.3. The fourth-order valence-corrected chi connectivity index (χ4v) is 2.59. The molecule has 1 amide bonds. The lowest BCUT2D eigenvalue weighted by molar-refractivity contribution is 0.0915. The highest BCUT2D eigenvalue weighted by Gasteiger charge is 2.16. The second-order valence-electron chi connectivity index (χ2n) is 4.98. The van der Waals surface area contributed by atoms with Gasteiger partial charge in [0.2, 0.25) is 0 Å². The normalized spacial score (nSPS) is 12.0. The minimum atomic E-state index is -0.299. The van der Waals surface area contributed by atoms with Gasteiger partial charge in [0, 0.05) is 4.47 Å². The molecule has 2 aromatic carbocycles. The first-order valence-corrected chi connectivity index (χ1v) is 7.62. The molecule has 0 saturated carbocycles. The van der Waals surface area contributed by atoms with E-state index in [0.29, 0.717) is 12.0 Å². The number of nitrogens with one attached hydrogen (secondary N) is 1. The number of aliphatic hydroxyl groups excluding tert-OH is 1. The number of hydrogen-bond donors (Lipinski definition) is 2. The minimum absolute atomic E-state index is 0.0932. The first kappa shape index (κ1) is 15.7. The summed E-state index contributed by atoms with van der Waals surface area (Å²) < 4.78 is 0.791. The Balaban J connectivity index is 2.08. The van der Waals surface area contributed by atoms with Gasteiger partial charge in [0.15, 0.2) is 0 Å². The van der Waals surface area contributed by atoms with Crippen molar-refractivity contribution in [3.05, 3.63) is 69.7 Å². The standard InChI is InChI=1S/C17H18BrNO2/c1-12-6-5-9-15(16(12)18)17(21)19-14(11-20)10-13-7-3-2-4-8-13/h2-9,14,20H,10-11H2,1H3,(H,19,21)/t14-/m1/s1. The van der Waals surface area contributed by atoms with E-state index in [-0.39, 0.29) is 18.6 Å². The molecule has 2 rings (SSSR count). The van der Waals surface area contributed by atoms with E-state index in [2.05, 4.69) is 21.2 Å². The number of amides is 1. The van der Waals surface area contributed by atoms with Gasteiger partial charge in [0.05, 0.1) is 18.2 Å². The molecule has 3 nitrogen and oxygen atoms in total. The number of benzene rings is 2. The van der Waals surface area contributed by atoms with Crippen molar-refractivity contribution in [1.82, 2.24) is 5.32 Å². The van der Waals surface area contributed by atoms with Gasteiger partial charge in [-0.3, -0.25) is 4.79 Å². The van der Waals surface area contributed by atoms with Crippen molar-refractivity contribution in [2.45, 2.75) is 19.4 Å². The van der Waals surface area contributed by atoms with Crippen LogP contribution in [0.2, 0.25) is 0 Å². The molecule has 0 aliphatic carbocycles. The lowest BCUT2D eigenvalue weighted by Crippen LogP contribution is -2.39. The summed E-state index contributed by atoms with van der Waals surface area (Å²) in [5, 5.41) is 12.4. The van der Waals surface area contributed by atoms with Gasteiger partial charge in [-0.2, -0.15) is 0 Å². The smallest absolute Gasteiger partial charge is 0.252 e. The van der Waals surface area contributed by atoms with E-state index in [1.54, 1.807) is 6.07 Å². The van der Waals surface area contributed by atoms with E-state index >= 15 is 0 Å². The second-order valence-corrected chi connectivity index (χ2v) is 5.77. The van der Waals surface area contributed by atoms with Gasteiger partial charge in [-0.25, -0.2) is 0 Å². The number of rotatable bonds is 5. The molecule has 0 aliphatic heterocycles. The van der Waals surface area contributed by atoms with Crippen LogP contribution in [-0.2, 0) is 6.42 Å². The number of carbonyl (C=O) groups excluding carboxylic acids is 1. The highest BCUT2D eigenvalue weighted by molar-refractivity contribution is 9.10. The summed E-state index contributed by atoms with van der Waals surface area (Å²) in [6.45, 7) is 1.85. The molecule has 0 aliphatic rings. The van der Waals surface area contributed by atoms with E-state index in [9.17, 15) is 9.90 Å². The Bertz CT molecular complexity index is 613. The maximum Gasteiger partial charge on any atom is 0.252 e. The van der Waals surface area contributed by atoms with Gasteiger partial charge in [-0.1, -0.05) is 42.5 Å². The van der Waals surface area contributed by atoms with Crippen molar-refractivity contribution in [3.8, 4) is 0 Å². The summed E-state index contributed by atoms with van der Waals surface area (Å²) >= 11 is 3.44. The number of carbonyl (C=O) groups is 1. The quantitative estimate of drug-likeness (QED) is 0.872. The molecule has 0 spiro atoms.